The molecule has 0 amide bonds. The molecule has 1 N–H and O–H groups in total. The average Bonchev–Trinajstić information content (AvgIpc) is 2.83. The Morgan fingerprint density at radius 3 is 2.58 bits per heavy atom. The average molecular weight is 261 g/mol. The van der Waals surface area contributed by atoms with Crippen LogP contribution in [-0.4, -0.2) is 25.7 Å². The molecule has 0 spiro atoms. The monoisotopic (exact) mass is 261 g/mol. The number of carbonyl (C=O) groups excluding carboxylic acids is 1. The molecule has 3 nitrogen and oxygen atoms in total. The maximum atomic E-state index is 12.0. The van der Waals surface area contributed by atoms with E-state index in [2.05, 4.69) is 38.2 Å². The summed E-state index contributed by atoms with van der Waals surface area (Å²) in [4.78, 5) is 12.0. The molecular weight excluding hydrogens is 238 g/mol. The first-order chi connectivity index (χ1) is 9.04. The predicted molar refractivity (Wildman–Crippen MR) is 76.4 cm³/mol. The maximum absolute atomic E-state index is 12.0. The lowest BCUT2D eigenvalue weighted by Gasteiger charge is -2.20. The largest absolute Gasteiger partial charge is 0.466 e. The molecule has 2 rings (SSSR count). The van der Waals surface area contributed by atoms with Gasteiger partial charge in [0.05, 0.1) is 12.5 Å². The Hall–Kier alpha value is -1.35. The smallest absolute Gasteiger partial charge is 0.310 e. The lowest BCUT2D eigenvalue weighted by atomic mass is 9.84. The number of hydrogen-bond acceptors (Lipinski definition) is 3. The van der Waals surface area contributed by atoms with E-state index in [9.17, 15) is 4.79 Å². The fraction of sp³-hybridized carbons (Fsp3) is 0.562. The van der Waals surface area contributed by atoms with Gasteiger partial charge in [0.25, 0.3) is 0 Å². The minimum absolute atomic E-state index is 0.0549. The van der Waals surface area contributed by atoms with Crippen LogP contribution in [0.1, 0.15) is 35.1 Å². The fourth-order valence-corrected chi connectivity index (χ4v) is 2.88. The number of aryl methyl sites for hydroxylation is 3. The van der Waals surface area contributed by atoms with Gasteiger partial charge in [0.1, 0.15) is 0 Å². The summed E-state index contributed by atoms with van der Waals surface area (Å²) in [5.41, 5.74) is 5.15. The molecule has 0 bridgehead atoms. The number of rotatable bonds is 3. The SMILES string of the molecule is CCOC(=O)C1CNCC1c1cc(C)c(C)cc1C. The van der Waals surface area contributed by atoms with Crippen LogP contribution in [0.15, 0.2) is 12.1 Å². The third-order valence-electron chi connectivity index (χ3n) is 4.09. The molecule has 19 heavy (non-hydrogen) atoms. The zero-order valence-corrected chi connectivity index (χ0v) is 12.2. The van der Waals surface area contributed by atoms with Gasteiger partial charge in [-0.3, -0.25) is 4.79 Å². The second kappa shape index (κ2) is 5.74. The fourth-order valence-electron chi connectivity index (χ4n) is 2.88. The summed E-state index contributed by atoms with van der Waals surface area (Å²) in [7, 11) is 0. The first-order valence-corrected chi connectivity index (χ1v) is 6.99. The van der Waals surface area contributed by atoms with E-state index in [0.29, 0.717) is 6.61 Å². The molecule has 1 aliphatic heterocycles. The zero-order chi connectivity index (χ0) is 14.0. The Kier molecular flexibility index (Phi) is 4.25. The van der Waals surface area contributed by atoms with E-state index < -0.39 is 0 Å². The molecule has 1 aromatic rings. The number of hydrogen-bond donors (Lipinski definition) is 1. The molecule has 0 radical (unpaired) electrons. The van der Waals surface area contributed by atoms with E-state index in [1.807, 2.05) is 6.92 Å². The van der Waals surface area contributed by atoms with Gasteiger partial charge < -0.3 is 10.1 Å². The summed E-state index contributed by atoms with van der Waals surface area (Å²) in [6, 6.07) is 4.44. The van der Waals surface area contributed by atoms with Crippen LogP contribution in [0.25, 0.3) is 0 Å². The highest BCUT2D eigenvalue weighted by molar-refractivity contribution is 5.74. The number of nitrogens with one attached hydrogen (secondary N) is 1. The molecule has 1 heterocycles. The van der Waals surface area contributed by atoms with E-state index in [1.165, 1.54) is 22.3 Å². The van der Waals surface area contributed by atoms with Gasteiger partial charge in [-0.05, 0) is 49.9 Å². The van der Waals surface area contributed by atoms with E-state index in [-0.39, 0.29) is 17.8 Å². The van der Waals surface area contributed by atoms with Gasteiger partial charge in [0.15, 0.2) is 0 Å². The zero-order valence-electron chi connectivity index (χ0n) is 12.2. The first kappa shape index (κ1) is 14.1. The Morgan fingerprint density at radius 1 is 1.21 bits per heavy atom. The number of esters is 1. The van der Waals surface area contributed by atoms with Crippen molar-refractivity contribution in [2.45, 2.75) is 33.6 Å². The van der Waals surface area contributed by atoms with Gasteiger partial charge in [-0.15, -0.1) is 0 Å². The highest BCUT2D eigenvalue weighted by Crippen LogP contribution is 2.32. The molecule has 3 heteroatoms. The van der Waals surface area contributed by atoms with Crippen molar-refractivity contribution in [1.82, 2.24) is 5.32 Å². The summed E-state index contributed by atoms with van der Waals surface area (Å²) in [6.45, 7) is 10.3. The quantitative estimate of drug-likeness (QED) is 0.850. The second-order valence-electron chi connectivity index (χ2n) is 5.42. The molecule has 2 unspecified atom stereocenters. The van der Waals surface area contributed by atoms with E-state index >= 15 is 0 Å². The van der Waals surface area contributed by atoms with Gasteiger partial charge in [-0.2, -0.15) is 0 Å². The molecule has 0 aromatic heterocycles. The predicted octanol–water partition coefficient (Wildman–Crippen LogP) is 2.48. The van der Waals surface area contributed by atoms with Crippen molar-refractivity contribution in [3.63, 3.8) is 0 Å². The van der Waals surface area contributed by atoms with E-state index in [1.54, 1.807) is 0 Å². The second-order valence-corrected chi connectivity index (χ2v) is 5.42. The van der Waals surface area contributed by atoms with Crippen LogP contribution in [-0.2, 0) is 9.53 Å². The maximum Gasteiger partial charge on any atom is 0.310 e. The third kappa shape index (κ3) is 2.81. The highest BCUT2D eigenvalue weighted by Gasteiger charge is 2.35. The topological polar surface area (TPSA) is 38.3 Å². The summed E-state index contributed by atoms with van der Waals surface area (Å²) >= 11 is 0. The van der Waals surface area contributed by atoms with Gasteiger partial charge in [0, 0.05) is 19.0 Å². The van der Waals surface area contributed by atoms with Crippen molar-refractivity contribution >= 4 is 5.97 Å². The van der Waals surface area contributed by atoms with Crippen molar-refractivity contribution in [2.75, 3.05) is 19.7 Å². The molecule has 2 atom stereocenters. The van der Waals surface area contributed by atoms with Gasteiger partial charge in [-0.1, -0.05) is 12.1 Å². The molecular formula is C16H23NO2. The first-order valence-electron chi connectivity index (χ1n) is 6.99. The van der Waals surface area contributed by atoms with Gasteiger partial charge in [-0.25, -0.2) is 0 Å². The molecule has 1 fully saturated rings. The van der Waals surface area contributed by atoms with Crippen LogP contribution in [0.3, 0.4) is 0 Å². The minimum Gasteiger partial charge on any atom is -0.466 e. The van der Waals surface area contributed by atoms with Gasteiger partial charge >= 0.3 is 5.97 Å². The van der Waals surface area contributed by atoms with E-state index in [0.717, 1.165) is 13.1 Å². The van der Waals surface area contributed by atoms with Crippen LogP contribution in [0.4, 0.5) is 0 Å². The number of benzene rings is 1. The van der Waals surface area contributed by atoms with Crippen molar-refractivity contribution in [1.29, 1.82) is 0 Å². The Morgan fingerprint density at radius 2 is 1.89 bits per heavy atom. The number of carbonyl (C=O) groups is 1. The lowest BCUT2D eigenvalue weighted by Crippen LogP contribution is -2.24. The van der Waals surface area contributed by atoms with Crippen molar-refractivity contribution in [3.05, 3.63) is 34.4 Å². The highest BCUT2D eigenvalue weighted by atomic mass is 16.5. The van der Waals surface area contributed by atoms with Crippen molar-refractivity contribution < 1.29 is 9.53 Å². The number of ether oxygens (including phenoxy) is 1. The lowest BCUT2D eigenvalue weighted by molar-refractivity contribution is -0.147. The summed E-state index contributed by atoms with van der Waals surface area (Å²) < 4.78 is 5.19. The molecule has 1 saturated heterocycles. The van der Waals surface area contributed by atoms with Crippen LogP contribution in [0.2, 0.25) is 0 Å². The van der Waals surface area contributed by atoms with Crippen LogP contribution in [0.5, 0.6) is 0 Å². The Balaban J connectivity index is 2.30. The van der Waals surface area contributed by atoms with Crippen molar-refractivity contribution in [2.24, 2.45) is 5.92 Å². The molecule has 1 aromatic carbocycles. The Labute approximate surface area is 115 Å². The summed E-state index contributed by atoms with van der Waals surface area (Å²) in [5.74, 6) is 0.106. The Bertz CT molecular complexity index is 482. The van der Waals surface area contributed by atoms with Crippen LogP contribution in [0, 0.1) is 26.7 Å². The summed E-state index contributed by atoms with van der Waals surface area (Å²) in [6.07, 6.45) is 0. The van der Waals surface area contributed by atoms with E-state index in [4.69, 9.17) is 4.74 Å². The molecule has 104 valence electrons. The summed E-state index contributed by atoms with van der Waals surface area (Å²) in [5, 5.41) is 3.32. The van der Waals surface area contributed by atoms with Crippen LogP contribution < -0.4 is 5.32 Å². The molecule has 0 aliphatic carbocycles. The van der Waals surface area contributed by atoms with Crippen LogP contribution >= 0.6 is 0 Å². The van der Waals surface area contributed by atoms with Gasteiger partial charge in [0.2, 0.25) is 0 Å². The standard InChI is InChI=1S/C16H23NO2/c1-5-19-16(18)15-9-17-8-14(15)13-7-11(3)10(2)6-12(13)4/h6-7,14-15,17H,5,8-9H2,1-4H3. The normalized spacial score (nSPS) is 22.5. The molecule has 1 aliphatic rings. The third-order valence-corrected chi connectivity index (χ3v) is 4.09. The minimum atomic E-state index is -0.0740. The van der Waals surface area contributed by atoms with Crippen molar-refractivity contribution in [3.8, 4) is 0 Å². The molecule has 0 saturated carbocycles.